The minimum atomic E-state index is -0.108. The van der Waals surface area contributed by atoms with E-state index in [4.69, 9.17) is 11.6 Å². The number of pyridine rings is 1. The zero-order valence-corrected chi connectivity index (χ0v) is 13.7. The highest BCUT2D eigenvalue weighted by molar-refractivity contribution is 6.31. The van der Waals surface area contributed by atoms with Crippen molar-refractivity contribution in [3.05, 3.63) is 53.0 Å². The molecule has 0 bridgehead atoms. The monoisotopic (exact) mass is 329 g/mol. The van der Waals surface area contributed by atoms with Gasteiger partial charge in [-0.3, -0.25) is 9.20 Å². The quantitative estimate of drug-likeness (QED) is 0.665. The van der Waals surface area contributed by atoms with Crippen LogP contribution in [-0.4, -0.2) is 21.8 Å². The topological polar surface area (TPSA) is 46.4 Å². The molecule has 0 radical (unpaired) electrons. The van der Waals surface area contributed by atoms with Gasteiger partial charge in [-0.1, -0.05) is 29.3 Å². The van der Waals surface area contributed by atoms with E-state index in [2.05, 4.69) is 16.4 Å². The Hall–Kier alpha value is -2.07. The van der Waals surface area contributed by atoms with Crippen molar-refractivity contribution in [3.8, 4) is 0 Å². The molecule has 5 heteroatoms. The number of aromatic nitrogens is 2. The molecule has 1 N–H and O–H groups in total. The largest absolute Gasteiger partial charge is 0.352 e. The Bertz CT molecular complexity index is 761. The lowest BCUT2D eigenvalue weighted by molar-refractivity contribution is -0.116. The van der Waals surface area contributed by atoms with Crippen LogP contribution in [0.5, 0.6) is 0 Å². The van der Waals surface area contributed by atoms with Crippen molar-refractivity contribution < 1.29 is 4.79 Å². The predicted molar refractivity (Wildman–Crippen MR) is 93.4 cm³/mol. The van der Waals surface area contributed by atoms with Gasteiger partial charge in [0.1, 0.15) is 5.65 Å². The first kappa shape index (κ1) is 15.8. The Morgan fingerprint density at radius 3 is 3.13 bits per heavy atom. The molecule has 0 atom stereocenters. The lowest BCUT2D eigenvalue weighted by atomic mass is 9.97. The zero-order chi connectivity index (χ0) is 16.1. The lowest BCUT2D eigenvalue weighted by Crippen LogP contribution is -2.22. The van der Waals surface area contributed by atoms with Crippen LogP contribution >= 0.6 is 11.6 Å². The van der Waals surface area contributed by atoms with Crippen molar-refractivity contribution in [2.45, 2.75) is 32.1 Å². The third kappa shape index (κ3) is 4.02. The highest BCUT2D eigenvalue weighted by Crippen LogP contribution is 2.20. The first-order chi connectivity index (χ1) is 11.2. The van der Waals surface area contributed by atoms with Gasteiger partial charge in [0.05, 0.1) is 5.69 Å². The van der Waals surface area contributed by atoms with Crippen LogP contribution in [0.4, 0.5) is 0 Å². The van der Waals surface area contributed by atoms with Gasteiger partial charge in [0.15, 0.2) is 5.15 Å². The van der Waals surface area contributed by atoms with Crippen LogP contribution in [0, 0.1) is 0 Å². The summed E-state index contributed by atoms with van der Waals surface area (Å²) in [5, 5.41) is 3.32. The van der Waals surface area contributed by atoms with Gasteiger partial charge in [-0.25, -0.2) is 4.98 Å². The summed E-state index contributed by atoms with van der Waals surface area (Å²) in [7, 11) is 0. The molecule has 0 saturated carbocycles. The van der Waals surface area contributed by atoms with E-state index in [-0.39, 0.29) is 5.91 Å². The maximum absolute atomic E-state index is 11.9. The SMILES string of the molecule is O=C(/C=C/c1c(Cl)nc2ccccn12)NCCC1=CCCCC1. The molecule has 2 aromatic heterocycles. The molecule has 0 spiro atoms. The molecule has 0 unspecified atom stereocenters. The summed E-state index contributed by atoms with van der Waals surface area (Å²) in [5.74, 6) is -0.108. The van der Waals surface area contributed by atoms with Crippen LogP contribution in [-0.2, 0) is 4.79 Å². The van der Waals surface area contributed by atoms with Crippen LogP contribution in [0.15, 0.2) is 42.1 Å². The summed E-state index contributed by atoms with van der Waals surface area (Å²) < 4.78 is 1.86. The average Bonchev–Trinajstić information content (AvgIpc) is 2.89. The number of allylic oxidation sites excluding steroid dienone is 1. The first-order valence-corrected chi connectivity index (χ1v) is 8.38. The van der Waals surface area contributed by atoms with E-state index < -0.39 is 0 Å². The Labute approximate surface area is 140 Å². The molecule has 2 aromatic rings. The van der Waals surface area contributed by atoms with E-state index in [0.717, 1.165) is 12.1 Å². The van der Waals surface area contributed by atoms with Crippen molar-refractivity contribution in [2.75, 3.05) is 6.54 Å². The number of hydrogen-bond acceptors (Lipinski definition) is 2. The normalized spacial score (nSPS) is 15.1. The van der Waals surface area contributed by atoms with Gasteiger partial charge in [0.2, 0.25) is 5.91 Å². The molecule has 120 valence electrons. The van der Waals surface area contributed by atoms with Crippen molar-refractivity contribution >= 4 is 29.2 Å². The molecule has 0 aliphatic heterocycles. The van der Waals surface area contributed by atoms with Crippen molar-refractivity contribution in [1.82, 2.24) is 14.7 Å². The van der Waals surface area contributed by atoms with Crippen LogP contribution in [0.2, 0.25) is 5.15 Å². The highest BCUT2D eigenvalue weighted by atomic mass is 35.5. The first-order valence-electron chi connectivity index (χ1n) is 8.00. The lowest BCUT2D eigenvalue weighted by Gasteiger charge is -2.12. The van der Waals surface area contributed by atoms with Gasteiger partial charge in [0, 0.05) is 18.8 Å². The Kier molecular flexibility index (Phi) is 5.13. The number of hydrogen-bond donors (Lipinski definition) is 1. The minimum Gasteiger partial charge on any atom is -0.352 e. The van der Waals surface area contributed by atoms with E-state index in [1.54, 1.807) is 6.08 Å². The van der Waals surface area contributed by atoms with Crippen LogP contribution < -0.4 is 5.32 Å². The van der Waals surface area contributed by atoms with Gasteiger partial charge in [0.25, 0.3) is 0 Å². The third-order valence-electron chi connectivity index (χ3n) is 4.04. The van der Waals surface area contributed by atoms with Crippen molar-refractivity contribution in [3.63, 3.8) is 0 Å². The molecule has 4 nitrogen and oxygen atoms in total. The summed E-state index contributed by atoms with van der Waals surface area (Å²) >= 11 is 6.13. The van der Waals surface area contributed by atoms with Crippen molar-refractivity contribution in [1.29, 1.82) is 0 Å². The van der Waals surface area contributed by atoms with Gasteiger partial charge < -0.3 is 5.32 Å². The van der Waals surface area contributed by atoms with Crippen molar-refractivity contribution in [2.24, 2.45) is 0 Å². The van der Waals surface area contributed by atoms with Gasteiger partial charge in [-0.05, 0) is 50.3 Å². The Balaban J connectivity index is 1.57. The molecular weight excluding hydrogens is 310 g/mol. The van der Waals surface area contributed by atoms with Gasteiger partial charge in [-0.15, -0.1) is 0 Å². The van der Waals surface area contributed by atoms with Crippen LogP contribution in [0.3, 0.4) is 0 Å². The fraction of sp³-hybridized carbons (Fsp3) is 0.333. The van der Waals surface area contributed by atoms with Gasteiger partial charge >= 0.3 is 0 Å². The van der Waals surface area contributed by atoms with E-state index in [1.165, 1.54) is 37.3 Å². The molecular formula is C18H20ClN3O. The molecule has 2 heterocycles. The maximum Gasteiger partial charge on any atom is 0.244 e. The average molecular weight is 330 g/mol. The zero-order valence-electron chi connectivity index (χ0n) is 13.0. The number of imidazole rings is 1. The maximum atomic E-state index is 11.9. The standard InChI is InChI=1S/C18H20ClN3O/c19-18-15(22-13-5-4-8-16(22)21-18)9-10-17(23)20-12-11-14-6-2-1-3-7-14/h4-6,8-10,13H,1-3,7,11-12H2,(H,20,23)/b10-9+. The smallest absolute Gasteiger partial charge is 0.244 e. The molecule has 0 saturated heterocycles. The second-order valence-corrected chi connectivity index (χ2v) is 6.06. The second kappa shape index (κ2) is 7.47. The van der Waals surface area contributed by atoms with E-state index in [0.29, 0.717) is 17.4 Å². The molecule has 1 aliphatic carbocycles. The van der Waals surface area contributed by atoms with Gasteiger partial charge in [-0.2, -0.15) is 0 Å². The fourth-order valence-corrected chi connectivity index (χ4v) is 3.07. The van der Waals surface area contributed by atoms with Crippen LogP contribution in [0.1, 0.15) is 37.8 Å². The second-order valence-electron chi connectivity index (χ2n) is 5.70. The summed E-state index contributed by atoms with van der Waals surface area (Å²) in [5.41, 5.74) is 2.94. The van der Waals surface area contributed by atoms with Crippen LogP contribution in [0.25, 0.3) is 11.7 Å². The Morgan fingerprint density at radius 2 is 2.30 bits per heavy atom. The number of carbonyl (C=O) groups excluding carboxylic acids is 1. The highest BCUT2D eigenvalue weighted by Gasteiger charge is 2.07. The Morgan fingerprint density at radius 1 is 1.39 bits per heavy atom. The molecule has 0 aromatic carbocycles. The molecule has 3 rings (SSSR count). The minimum absolute atomic E-state index is 0.108. The molecule has 23 heavy (non-hydrogen) atoms. The van der Waals surface area contributed by atoms with E-state index >= 15 is 0 Å². The third-order valence-corrected chi connectivity index (χ3v) is 4.32. The summed E-state index contributed by atoms with van der Waals surface area (Å²) in [4.78, 5) is 16.2. The summed E-state index contributed by atoms with van der Waals surface area (Å²) in [6, 6.07) is 5.68. The number of nitrogens with zero attached hydrogens (tertiary/aromatic N) is 2. The number of amides is 1. The summed E-state index contributed by atoms with van der Waals surface area (Å²) in [6.07, 6.45) is 13.3. The van der Waals surface area contributed by atoms with E-state index in [9.17, 15) is 4.79 Å². The number of halogens is 1. The number of carbonyl (C=O) groups is 1. The predicted octanol–water partition coefficient (Wildman–Crippen LogP) is 4.01. The fourth-order valence-electron chi connectivity index (χ4n) is 2.83. The summed E-state index contributed by atoms with van der Waals surface area (Å²) in [6.45, 7) is 0.676. The number of rotatable bonds is 5. The molecule has 1 aliphatic rings. The number of nitrogens with one attached hydrogen (secondary N) is 1. The molecule has 0 fully saturated rings. The number of fused-ring (bicyclic) bond motifs is 1. The molecule has 1 amide bonds. The van der Waals surface area contributed by atoms with E-state index in [1.807, 2.05) is 28.8 Å².